The topological polar surface area (TPSA) is 63.8 Å². The van der Waals surface area contributed by atoms with Gasteiger partial charge in [-0.05, 0) is 42.3 Å². The van der Waals surface area contributed by atoms with Gasteiger partial charge >= 0.3 is 0 Å². The Kier molecular flexibility index (Phi) is 4.08. The van der Waals surface area contributed by atoms with Crippen LogP contribution in [0.25, 0.3) is 22.3 Å². The fourth-order valence-electron chi connectivity index (χ4n) is 2.82. The number of halogens is 1. The minimum atomic E-state index is -0.264. The van der Waals surface area contributed by atoms with Gasteiger partial charge in [0.05, 0.1) is 11.1 Å². The zero-order valence-electron chi connectivity index (χ0n) is 14.5. The van der Waals surface area contributed by atoms with Crippen LogP contribution in [0, 0.1) is 19.7 Å². The number of aromatic nitrogens is 3. The quantitative estimate of drug-likeness (QED) is 0.581. The summed E-state index contributed by atoms with van der Waals surface area (Å²) in [6.07, 6.45) is 0. The van der Waals surface area contributed by atoms with E-state index in [0.717, 1.165) is 27.6 Å². The number of rotatable bonds is 4. The van der Waals surface area contributed by atoms with Crippen LogP contribution in [0.4, 0.5) is 10.2 Å². The Morgan fingerprint density at radius 1 is 1.04 bits per heavy atom. The van der Waals surface area contributed by atoms with Crippen molar-refractivity contribution < 1.29 is 8.91 Å². The van der Waals surface area contributed by atoms with Crippen LogP contribution in [-0.4, -0.2) is 15.1 Å². The van der Waals surface area contributed by atoms with Gasteiger partial charge in [0.1, 0.15) is 11.6 Å². The molecule has 0 aliphatic rings. The lowest BCUT2D eigenvalue weighted by Crippen LogP contribution is -2.04. The molecule has 26 heavy (non-hydrogen) atoms. The van der Waals surface area contributed by atoms with Gasteiger partial charge in [-0.15, -0.1) is 0 Å². The molecule has 0 unspecified atom stereocenters. The molecule has 4 rings (SSSR count). The first kappa shape index (κ1) is 16.2. The van der Waals surface area contributed by atoms with E-state index >= 15 is 0 Å². The molecule has 0 saturated heterocycles. The second-order valence-electron chi connectivity index (χ2n) is 6.20. The predicted octanol–water partition coefficient (Wildman–Crippen LogP) is 4.65. The second-order valence-corrected chi connectivity index (χ2v) is 6.20. The zero-order valence-corrected chi connectivity index (χ0v) is 14.5. The SMILES string of the molecule is Cc1ccc2cc(-c3noc(C)n3)c(NCc3cccc(F)c3)nc2c1. The molecule has 0 fully saturated rings. The summed E-state index contributed by atoms with van der Waals surface area (Å²) in [4.78, 5) is 9.05. The average molecular weight is 348 g/mol. The molecule has 0 aliphatic carbocycles. The number of nitrogens with one attached hydrogen (secondary N) is 1. The fraction of sp³-hybridized carbons (Fsp3) is 0.150. The molecule has 0 radical (unpaired) electrons. The summed E-state index contributed by atoms with van der Waals surface area (Å²) in [5, 5.41) is 8.28. The zero-order chi connectivity index (χ0) is 18.1. The van der Waals surface area contributed by atoms with E-state index in [-0.39, 0.29) is 5.82 Å². The van der Waals surface area contributed by atoms with Crippen LogP contribution in [0.15, 0.2) is 53.1 Å². The maximum atomic E-state index is 13.4. The van der Waals surface area contributed by atoms with E-state index in [0.29, 0.717) is 24.1 Å². The number of hydrogen-bond acceptors (Lipinski definition) is 5. The van der Waals surface area contributed by atoms with Crippen molar-refractivity contribution in [3.8, 4) is 11.4 Å². The number of nitrogens with zero attached hydrogens (tertiary/aromatic N) is 3. The normalized spacial score (nSPS) is 11.0. The minimum Gasteiger partial charge on any atom is -0.365 e. The summed E-state index contributed by atoms with van der Waals surface area (Å²) >= 11 is 0. The Morgan fingerprint density at radius 3 is 2.69 bits per heavy atom. The highest BCUT2D eigenvalue weighted by Crippen LogP contribution is 2.29. The maximum Gasteiger partial charge on any atom is 0.223 e. The average Bonchev–Trinajstić information content (AvgIpc) is 3.05. The van der Waals surface area contributed by atoms with E-state index < -0.39 is 0 Å². The molecule has 0 bridgehead atoms. The molecule has 6 heteroatoms. The van der Waals surface area contributed by atoms with Crippen LogP contribution in [-0.2, 0) is 6.54 Å². The summed E-state index contributed by atoms with van der Waals surface area (Å²) < 4.78 is 18.5. The molecule has 130 valence electrons. The van der Waals surface area contributed by atoms with Crippen molar-refractivity contribution in [2.75, 3.05) is 5.32 Å². The standard InChI is InChI=1S/C20H17FN4O/c1-12-6-7-15-10-17(20-23-13(2)26-25-20)19(24-18(15)8-12)22-11-14-4-3-5-16(21)9-14/h3-10H,11H2,1-2H3,(H,22,24). The van der Waals surface area contributed by atoms with E-state index in [1.54, 1.807) is 13.0 Å². The molecular formula is C20H17FN4O. The van der Waals surface area contributed by atoms with Crippen LogP contribution >= 0.6 is 0 Å². The van der Waals surface area contributed by atoms with Gasteiger partial charge in [0.25, 0.3) is 0 Å². The first-order chi connectivity index (χ1) is 12.6. The largest absolute Gasteiger partial charge is 0.365 e. The number of anilines is 1. The van der Waals surface area contributed by atoms with Crippen molar-refractivity contribution in [2.45, 2.75) is 20.4 Å². The van der Waals surface area contributed by atoms with E-state index in [1.165, 1.54) is 12.1 Å². The molecule has 5 nitrogen and oxygen atoms in total. The molecule has 0 saturated carbocycles. The highest BCUT2D eigenvalue weighted by atomic mass is 19.1. The van der Waals surface area contributed by atoms with Gasteiger partial charge in [0.2, 0.25) is 11.7 Å². The van der Waals surface area contributed by atoms with Crippen LogP contribution in [0.2, 0.25) is 0 Å². The lowest BCUT2D eigenvalue weighted by molar-refractivity contribution is 0.394. The second kappa shape index (κ2) is 6.55. The van der Waals surface area contributed by atoms with Gasteiger partial charge < -0.3 is 9.84 Å². The summed E-state index contributed by atoms with van der Waals surface area (Å²) in [5.74, 6) is 1.33. The third kappa shape index (κ3) is 3.26. The van der Waals surface area contributed by atoms with E-state index in [2.05, 4.69) is 15.5 Å². The number of aryl methyl sites for hydroxylation is 2. The summed E-state index contributed by atoms with van der Waals surface area (Å²) in [7, 11) is 0. The predicted molar refractivity (Wildman–Crippen MR) is 98.2 cm³/mol. The van der Waals surface area contributed by atoms with Crippen LogP contribution in [0.1, 0.15) is 17.0 Å². The highest BCUT2D eigenvalue weighted by Gasteiger charge is 2.14. The number of hydrogen-bond donors (Lipinski definition) is 1. The van der Waals surface area contributed by atoms with Gasteiger partial charge in [0.15, 0.2) is 0 Å². The van der Waals surface area contributed by atoms with Gasteiger partial charge in [0, 0.05) is 18.9 Å². The molecule has 4 aromatic rings. The number of pyridine rings is 1. The monoisotopic (exact) mass is 348 g/mol. The third-order valence-electron chi connectivity index (χ3n) is 4.09. The molecule has 0 atom stereocenters. The van der Waals surface area contributed by atoms with Crippen molar-refractivity contribution in [1.82, 2.24) is 15.1 Å². The molecule has 2 aromatic heterocycles. The first-order valence-corrected chi connectivity index (χ1v) is 8.29. The molecule has 2 heterocycles. The Labute approximate surface area is 149 Å². The van der Waals surface area contributed by atoms with Crippen molar-refractivity contribution in [3.05, 3.63) is 71.4 Å². The molecule has 1 N–H and O–H groups in total. The van der Waals surface area contributed by atoms with Crippen molar-refractivity contribution in [2.24, 2.45) is 0 Å². The smallest absolute Gasteiger partial charge is 0.223 e. The minimum absolute atomic E-state index is 0.264. The van der Waals surface area contributed by atoms with Crippen LogP contribution in [0.3, 0.4) is 0 Å². The van der Waals surface area contributed by atoms with Crippen LogP contribution in [0.5, 0.6) is 0 Å². The van der Waals surface area contributed by atoms with Crippen molar-refractivity contribution >= 4 is 16.7 Å². The lowest BCUT2D eigenvalue weighted by Gasteiger charge is -2.11. The Balaban J connectivity index is 1.77. The lowest BCUT2D eigenvalue weighted by atomic mass is 10.1. The molecule has 0 amide bonds. The number of fused-ring (bicyclic) bond motifs is 1. The summed E-state index contributed by atoms with van der Waals surface area (Å²) in [5.41, 5.74) is 3.57. The molecule has 2 aromatic carbocycles. The van der Waals surface area contributed by atoms with Crippen molar-refractivity contribution in [3.63, 3.8) is 0 Å². The van der Waals surface area contributed by atoms with Gasteiger partial charge in [-0.1, -0.05) is 29.4 Å². The van der Waals surface area contributed by atoms with Gasteiger partial charge in [-0.2, -0.15) is 4.98 Å². The van der Waals surface area contributed by atoms with E-state index in [9.17, 15) is 4.39 Å². The molecule has 0 aliphatic heterocycles. The first-order valence-electron chi connectivity index (χ1n) is 8.29. The third-order valence-corrected chi connectivity index (χ3v) is 4.09. The molecular weight excluding hydrogens is 331 g/mol. The Bertz CT molecular complexity index is 1090. The van der Waals surface area contributed by atoms with Gasteiger partial charge in [-0.3, -0.25) is 0 Å². The fourth-order valence-corrected chi connectivity index (χ4v) is 2.82. The van der Waals surface area contributed by atoms with Crippen molar-refractivity contribution in [1.29, 1.82) is 0 Å². The Morgan fingerprint density at radius 2 is 1.92 bits per heavy atom. The summed E-state index contributed by atoms with van der Waals surface area (Å²) in [6.45, 7) is 4.21. The highest BCUT2D eigenvalue weighted by molar-refractivity contribution is 5.88. The summed E-state index contributed by atoms with van der Waals surface area (Å²) in [6, 6.07) is 14.5. The molecule has 0 spiro atoms. The number of benzene rings is 2. The van der Waals surface area contributed by atoms with E-state index in [4.69, 9.17) is 9.51 Å². The Hall–Kier alpha value is -3.28. The maximum absolute atomic E-state index is 13.4. The van der Waals surface area contributed by atoms with Crippen LogP contribution < -0.4 is 5.32 Å². The van der Waals surface area contributed by atoms with Gasteiger partial charge in [-0.25, -0.2) is 9.37 Å². The van der Waals surface area contributed by atoms with E-state index in [1.807, 2.05) is 37.3 Å².